The van der Waals surface area contributed by atoms with E-state index in [2.05, 4.69) is 31.6 Å². The SMILES string of the molecule is C=C1CC[C@H]2[C@H](O)[C@@H]([C@@]3(C)Cc4cn(-c5ccccn5)nc4C[C@@H]3CO)CC[C@]12C. The van der Waals surface area contributed by atoms with Crippen molar-refractivity contribution in [3.8, 4) is 5.82 Å². The van der Waals surface area contributed by atoms with Gasteiger partial charge in [0.05, 0.1) is 11.8 Å². The minimum Gasteiger partial charge on any atom is -0.396 e. The molecule has 5 nitrogen and oxygen atoms in total. The Morgan fingerprint density at radius 3 is 2.80 bits per heavy atom. The predicted octanol–water partition coefficient (Wildman–Crippen LogP) is 3.72. The van der Waals surface area contributed by atoms with Gasteiger partial charge in [0.25, 0.3) is 0 Å². The zero-order valence-corrected chi connectivity index (χ0v) is 18.1. The third-order valence-electron chi connectivity index (χ3n) is 8.95. The maximum Gasteiger partial charge on any atom is 0.153 e. The molecule has 3 aliphatic carbocycles. The topological polar surface area (TPSA) is 71.2 Å². The molecule has 30 heavy (non-hydrogen) atoms. The standard InChI is InChI=1S/C25H33N3O2/c1-16-7-8-19-23(30)20(9-10-24(16,19)2)25(3)13-17-14-28(22-6-4-5-11-26-22)27-21(17)12-18(25)15-29/h4-6,11,14,18-20,23,29-30H,1,7-10,12-13,15H2,2-3H3/t18-,19+,20+,23+,24-,25+/m1/s1. The maximum absolute atomic E-state index is 11.5. The van der Waals surface area contributed by atoms with Crippen molar-refractivity contribution in [2.24, 2.45) is 28.6 Å². The zero-order valence-electron chi connectivity index (χ0n) is 18.1. The summed E-state index contributed by atoms with van der Waals surface area (Å²) in [6.45, 7) is 9.04. The third kappa shape index (κ3) is 2.82. The molecule has 2 aromatic heterocycles. The number of allylic oxidation sites excluding steroid dienone is 1. The molecule has 2 N–H and O–H groups in total. The highest BCUT2D eigenvalue weighted by Gasteiger charge is 2.56. The molecule has 0 bridgehead atoms. The van der Waals surface area contributed by atoms with Gasteiger partial charge in [0.1, 0.15) is 0 Å². The highest BCUT2D eigenvalue weighted by atomic mass is 16.3. The number of nitrogens with zero attached hydrogens (tertiary/aromatic N) is 3. The lowest BCUT2D eigenvalue weighted by Crippen LogP contribution is -2.53. The highest BCUT2D eigenvalue weighted by Crippen LogP contribution is 2.60. The van der Waals surface area contributed by atoms with Crippen molar-refractivity contribution in [2.75, 3.05) is 6.61 Å². The fourth-order valence-corrected chi connectivity index (χ4v) is 6.83. The molecule has 2 aromatic rings. The minimum absolute atomic E-state index is 0.0741. The molecule has 3 aliphatic rings. The van der Waals surface area contributed by atoms with Crippen LogP contribution in [-0.2, 0) is 12.8 Å². The molecule has 2 heterocycles. The van der Waals surface area contributed by atoms with E-state index >= 15 is 0 Å². The van der Waals surface area contributed by atoms with E-state index in [0.717, 1.165) is 50.0 Å². The Morgan fingerprint density at radius 1 is 1.23 bits per heavy atom. The second-order valence-electron chi connectivity index (χ2n) is 10.3. The van der Waals surface area contributed by atoms with Crippen LogP contribution in [0.3, 0.4) is 0 Å². The van der Waals surface area contributed by atoms with E-state index in [1.165, 1.54) is 11.1 Å². The van der Waals surface area contributed by atoms with Crippen molar-refractivity contribution < 1.29 is 10.2 Å². The summed E-state index contributed by atoms with van der Waals surface area (Å²) in [7, 11) is 0. The van der Waals surface area contributed by atoms with Gasteiger partial charge in [0.15, 0.2) is 5.82 Å². The molecule has 0 aliphatic heterocycles. The Hall–Kier alpha value is -1.98. The molecule has 5 heteroatoms. The van der Waals surface area contributed by atoms with Crippen molar-refractivity contribution in [1.82, 2.24) is 14.8 Å². The summed E-state index contributed by atoms with van der Waals surface area (Å²) < 4.78 is 1.86. The number of aliphatic hydroxyl groups excluding tert-OH is 2. The van der Waals surface area contributed by atoms with Crippen molar-refractivity contribution in [1.29, 1.82) is 0 Å². The van der Waals surface area contributed by atoms with Gasteiger partial charge in [-0.2, -0.15) is 5.10 Å². The van der Waals surface area contributed by atoms with Crippen molar-refractivity contribution in [2.45, 2.75) is 58.5 Å². The lowest BCUT2D eigenvalue weighted by atomic mass is 9.52. The molecule has 160 valence electrons. The summed E-state index contributed by atoms with van der Waals surface area (Å²) in [6, 6.07) is 5.83. The van der Waals surface area contributed by atoms with Crippen LogP contribution in [0, 0.1) is 28.6 Å². The number of pyridine rings is 1. The molecular weight excluding hydrogens is 374 g/mol. The fraction of sp³-hybridized carbons (Fsp3) is 0.600. The van der Waals surface area contributed by atoms with E-state index in [1.54, 1.807) is 6.20 Å². The fourth-order valence-electron chi connectivity index (χ4n) is 6.83. The van der Waals surface area contributed by atoms with Crippen LogP contribution >= 0.6 is 0 Å². The summed E-state index contributed by atoms with van der Waals surface area (Å²) in [5, 5.41) is 26.7. The number of hydrogen-bond donors (Lipinski definition) is 2. The van der Waals surface area contributed by atoms with Crippen LogP contribution in [0.25, 0.3) is 5.82 Å². The Balaban J connectivity index is 1.47. The van der Waals surface area contributed by atoms with Crippen LogP contribution in [0.2, 0.25) is 0 Å². The van der Waals surface area contributed by atoms with Crippen molar-refractivity contribution in [3.05, 3.63) is 54.0 Å². The van der Waals surface area contributed by atoms with Crippen LogP contribution in [0.15, 0.2) is 42.7 Å². The van der Waals surface area contributed by atoms with E-state index in [4.69, 9.17) is 5.10 Å². The summed E-state index contributed by atoms with van der Waals surface area (Å²) in [5.74, 6) is 1.39. The van der Waals surface area contributed by atoms with Gasteiger partial charge < -0.3 is 10.2 Å². The van der Waals surface area contributed by atoms with Gasteiger partial charge in [-0.15, -0.1) is 0 Å². The Labute approximate surface area is 178 Å². The predicted molar refractivity (Wildman–Crippen MR) is 116 cm³/mol. The first kappa shape index (κ1) is 20.0. The summed E-state index contributed by atoms with van der Waals surface area (Å²) in [5.41, 5.74) is 3.52. The Bertz CT molecular complexity index is 955. The van der Waals surface area contributed by atoms with Crippen LogP contribution in [0.1, 0.15) is 50.8 Å². The molecule has 6 atom stereocenters. The van der Waals surface area contributed by atoms with E-state index in [1.807, 2.05) is 22.9 Å². The normalized spacial score (nSPS) is 38.3. The van der Waals surface area contributed by atoms with Gasteiger partial charge in [-0.25, -0.2) is 9.67 Å². The number of aliphatic hydroxyl groups is 2. The van der Waals surface area contributed by atoms with Gasteiger partial charge in [0.2, 0.25) is 0 Å². The average molecular weight is 408 g/mol. The first-order valence-corrected chi connectivity index (χ1v) is 11.3. The molecule has 5 rings (SSSR count). The van der Waals surface area contributed by atoms with Crippen LogP contribution in [0.4, 0.5) is 0 Å². The van der Waals surface area contributed by atoms with E-state index in [-0.39, 0.29) is 41.3 Å². The molecule has 2 fully saturated rings. The van der Waals surface area contributed by atoms with Gasteiger partial charge in [0, 0.05) is 19.0 Å². The van der Waals surface area contributed by atoms with E-state index in [0.29, 0.717) is 0 Å². The van der Waals surface area contributed by atoms with Gasteiger partial charge >= 0.3 is 0 Å². The average Bonchev–Trinajstić information content (AvgIpc) is 3.28. The number of fused-ring (bicyclic) bond motifs is 2. The van der Waals surface area contributed by atoms with Gasteiger partial charge in [-0.1, -0.05) is 32.1 Å². The highest BCUT2D eigenvalue weighted by molar-refractivity contribution is 5.31. The van der Waals surface area contributed by atoms with Crippen molar-refractivity contribution in [3.63, 3.8) is 0 Å². The molecular formula is C25H33N3O2. The Morgan fingerprint density at radius 2 is 2.07 bits per heavy atom. The molecule has 0 saturated heterocycles. The monoisotopic (exact) mass is 407 g/mol. The second kappa shape index (κ2) is 7.03. The molecule has 2 saturated carbocycles. The maximum atomic E-state index is 11.5. The molecule has 0 aromatic carbocycles. The third-order valence-corrected chi connectivity index (χ3v) is 8.95. The zero-order chi connectivity index (χ0) is 21.1. The van der Waals surface area contributed by atoms with Crippen molar-refractivity contribution >= 4 is 0 Å². The van der Waals surface area contributed by atoms with Crippen LogP contribution < -0.4 is 0 Å². The first-order chi connectivity index (χ1) is 14.4. The van der Waals surface area contributed by atoms with Crippen LogP contribution in [-0.4, -0.2) is 37.7 Å². The lowest BCUT2D eigenvalue weighted by molar-refractivity contribution is -0.104. The Kier molecular flexibility index (Phi) is 4.67. The van der Waals surface area contributed by atoms with Gasteiger partial charge in [-0.3, -0.25) is 0 Å². The molecule has 0 radical (unpaired) electrons. The number of aromatic nitrogens is 3. The molecule has 0 unspecified atom stereocenters. The largest absolute Gasteiger partial charge is 0.396 e. The quantitative estimate of drug-likeness (QED) is 0.761. The van der Waals surface area contributed by atoms with Gasteiger partial charge in [-0.05, 0) is 84.8 Å². The second-order valence-corrected chi connectivity index (χ2v) is 10.3. The van der Waals surface area contributed by atoms with E-state index < -0.39 is 0 Å². The summed E-state index contributed by atoms with van der Waals surface area (Å²) >= 11 is 0. The molecule has 0 spiro atoms. The number of hydrogen-bond acceptors (Lipinski definition) is 4. The summed E-state index contributed by atoms with van der Waals surface area (Å²) in [4.78, 5) is 4.42. The van der Waals surface area contributed by atoms with Crippen LogP contribution in [0.5, 0.6) is 0 Å². The molecule has 0 amide bonds. The lowest BCUT2D eigenvalue weighted by Gasteiger charge is -2.54. The summed E-state index contributed by atoms with van der Waals surface area (Å²) in [6.07, 6.45) is 9.28. The smallest absolute Gasteiger partial charge is 0.153 e. The number of rotatable bonds is 3. The first-order valence-electron chi connectivity index (χ1n) is 11.3. The minimum atomic E-state index is -0.338. The van der Waals surface area contributed by atoms with E-state index in [9.17, 15) is 10.2 Å².